The molecule has 1 aliphatic rings. The number of hydrogen-bond acceptors (Lipinski definition) is 2. The maximum atomic E-state index is 6.32. The van der Waals surface area contributed by atoms with Crippen LogP contribution in [-0.4, -0.2) is 21.0 Å². The minimum Gasteiger partial charge on any atom is -0.547 e. The van der Waals surface area contributed by atoms with E-state index in [1.54, 1.807) is 0 Å². The lowest BCUT2D eigenvalue weighted by Gasteiger charge is -2.32. The van der Waals surface area contributed by atoms with Gasteiger partial charge in [-0.05, 0) is 31.1 Å². The van der Waals surface area contributed by atoms with E-state index >= 15 is 0 Å². The van der Waals surface area contributed by atoms with Crippen molar-refractivity contribution in [2.45, 2.75) is 58.4 Å². The van der Waals surface area contributed by atoms with Gasteiger partial charge in [0.15, 0.2) is 0 Å². The van der Waals surface area contributed by atoms with E-state index in [2.05, 4.69) is 33.8 Å². The Hall–Kier alpha value is -0.283. The molecule has 0 aromatic carbocycles. The number of rotatable bonds is 5. The molecule has 2 nitrogen and oxygen atoms in total. The van der Waals surface area contributed by atoms with E-state index in [4.69, 9.17) is 9.16 Å². The summed E-state index contributed by atoms with van der Waals surface area (Å²) in [4.78, 5) is 0. The highest BCUT2D eigenvalue weighted by atomic mass is 28.4. The van der Waals surface area contributed by atoms with Crippen molar-refractivity contribution in [3.63, 3.8) is 0 Å². The summed E-state index contributed by atoms with van der Waals surface area (Å²) in [5, 5.41) is 0. The van der Waals surface area contributed by atoms with Gasteiger partial charge >= 0.3 is 0 Å². The van der Waals surface area contributed by atoms with Crippen LogP contribution < -0.4 is 0 Å². The average molecular weight is 228 g/mol. The molecule has 0 aromatic heterocycles. The molecule has 15 heavy (non-hydrogen) atoms. The quantitative estimate of drug-likeness (QED) is 0.668. The molecule has 0 N–H and O–H groups in total. The van der Waals surface area contributed by atoms with Crippen molar-refractivity contribution in [1.29, 1.82) is 0 Å². The van der Waals surface area contributed by atoms with Gasteiger partial charge in [0.25, 0.3) is 0 Å². The smallest absolute Gasteiger partial charge is 0.250 e. The Labute approximate surface area is 94.8 Å². The van der Waals surface area contributed by atoms with Crippen molar-refractivity contribution in [3.05, 3.63) is 11.8 Å². The third-order valence-corrected chi connectivity index (χ3v) is 7.99. The Morgan fingerprint density at radius 2 is 1.93 bits per heavy atom. The maximum Gasteiger partial charge on any atom is 0.250 e. The van der Waals surface area contributed by atoms with Gasteiger partial charge in [-0.2, -0.15) is 0 Å². The molecular formula is C12H24O2Si. The lowest BCUT2D eigenvalue weighted by molar-refractivity contribution is 0.0770. The fourth-order valence-corrected chi connectivity index (χ4v) is 4.73. The summed E-state index contributed by atoms with van der Waals surface area (Å²) in [7, 11) is -1.46. The molecule has 0 radical (unpaired) electrons. The zero-order valence-corrected chi connectivity index (χ0v) is 11.5. The monoisotopic (exact) mass is 228 g/mol. The van der Waals surface area contributed by atoms with Crippen LogP contribution in [0.25, 0.3) is 0 Å². The van der Waals surface area contributed by atoms with E-state index in [0.717, 1.165) is 13.0 Å². The molecule has 0 aromatic rings. The SMILES string of the molecule is CC[Si](CC)(CC)OC1=CC(C)OCC1. The van der Waals surface area contributed by atoms with Gasteiger partial charge in [-0.1, -0.05) is 20.8 Å². The third kappa shape index (κ3) is 3.35. The van der Waals surface area contributed by atoms with Crippen LogP contribution in [0.4, 0.5) is 0 Å². The lowest BCUT2D eigenvalue weighted by Crippen LogP contribution is -2.36. The molecule has 1 aliphatic heterocycles. The Morgan fingerprint density at radius 1 is 1.33 bits per heavy atom. The number of hydrogen-bond donors (Lipinski definition) is 0. The van der Waals surface area contributed by atoms with Gasteiger partial charge < -0.3 is 9.16 Å². The summed E-state index contributed by atoms with van der Waals surface area (Å²) in [6.07, 6.45) is 3.33. The second kappa shape index (κ2) is 5.71. The van der Waals surface area contributed by atoms with Crippen LogP contribution in [0, 0.1) is 0 Å². The highest BCUT2D eigenvalue weighted by Gasteiger charge is 2.31. The van der Waals surface area contributed by atoms with Gasteiger partial charge in [0.05, 0.1) is 18.5 Å². The fourth-order valence-electron chi connectivity index (χ4n) is 2.07. The second-order valence-corrected chi connectivity index (χ2v) is 9.00. The van der Waals surface area contributed by atoms with Crippen molar-refractivity contribution in [2.24, 2.45) is 0 Å². The van der Waals surface area contributed by atoms with Crippen LogP contribution in [0.2, 0.25) is 18.1 Å². The second-order valence-electron chi connectivity index (χ2n) is 4.30. The first-order valence-corrected chi connectivity index (χ1v) is 8.70. The van der Waals surface area contributed by atoms with Crippen LogP contribution in [-0.2, 0) is 9.16 Å². The summed E-state index contributed by atoms with van der Waals surface area (Å²) in [5.74, 6) is 1.19. The van der Waals surface area contributed by atoms with Crippen molar-refractivity contribution >= 4 is 8.32 Å². The minimum atomic E-state index is -1.46. The van der Waals surface area contributed by atoms with Crippen molar-refractivity contribution < 1.29 is 9.16 Å². The van der Waals surface area contributed by atoms with Crippen LogP contribution in [0.1, 0.15) is 34.1 Å². The average Bonchev–Trinajstić information content (AvgIpc) is 2.26. The standard InChI is InChI=1S/C12H24O2Si/c1-5-15(6-2,7-3)14-12-8-9-13-11(4)10-12/h10-11H,5-9H2,1-4H3. The summed E-state index contributed by atoms with van der Waals surface area (Å²) in [6, 6.07) is 3.64. The van der Waals surface area contributed by atoms with Crippen LogP contribution in [0.15, 0.2) is 11.8 Å². The highest BCUT2D eigenvalue weighted by molar-refractivity contribution is 6.73. The molecule has 0 fully saturated rings. The molecule has 0 aliphatic carbocycles. The van der Waals surface area contributed by atoms with Crippen molar-refractivity contribution in [3.8, 4) is 0 Å². The molecule has 0 bridgehead atoms. The number of ether oxygens (including phenoxy) is 1. The molecule has 0 saturated heterocycles. The van der Waals surface area contributed by atoms with Crippen LogP contribution in [0.3, 0.4) is 0 Å². The molecule has 1 rings (SSSR count). The normalized spacial score (nSPS) is 22.4. The van der Waals surface area contributed by atoms with E-state index in [1.165, 1.54) is 23.9 Å². The predicted octanol–water partition coefficient (Wildman–Crippen LogP) is 3.70. The summed E-state index contributed by atoms with van der Waals surface area (Å²) < 4.78 is 11.8. The Balaban J connectivity index is 2.65. The first-order chi connectivity index (χ1) is 7.15. The Morgan fingerprint density at radius 3 is 2.40 bits per heavy atom. The summed E-state index contributed by atoms with van der Waals surface area (Å²) >= 11 is 0. The van der Waals surface area contributed by atoms with E-state index in [-0.39, 0.29) is 6.10 Å². The molecule has 0 spiro atoms. The van der Waals surface area contributed by atoms with Crippen LogP contribution >= 0.6 is 0 Å². The maximum absolute atomic E-state index is 6.32. The third-order valence-electron chi connectivity index (χ3n) is 3.43. The van der Waals surface area contributed by atoms with Crippen molar-refractivity contribution in [1.82, 2.24) is 0 Å². The molecule has 88 valence electrons. The van der Waals surface area contributed by atoms with E-state index in [1.807, 2.05) is 0 Å². The molecular weight excluding hydrogens is 204 g/mol. The summed E-state index contributed by atoms with van der Waals surface area (Å²) in [6.45, 7) is 9.69. The largest absolute Gasteiger partial charge is 0.547 e. The van der Waals surface area contributed by atoms with Gasteiger partial charge in [0, 0.05) is 6.42 Å². The van der Waals surface area contributed by atoms with Crippen molar-refractivity contribution in [2.75, 3.05) is 6.61 Å². The van der Waals surface area contributed by atoms with E-state index in [0.29, 0.717) is 0 Å². The fraction of sp³-hybridized carbons (Fsp3) is 0.833. The van der Waals surface area contributed by atoms with Gasteiger partial charge in [0.2, 0.25) is 8.32 Å². The van der Waals surface area contributed by atoms with Crippen LogP contribution in [0.5, 0.6) is 0 Å². The van der Waals surface area contributed by atoms with Gasteiger partial charge in [0.1, 0.15) is 0 Å². The molecule has 1 atom stereocenters. The zero-order chi connectivity index (χ0) is 11.3. The Bertz CT molecular complexity index is 213. The van der Waals surface area contributed by atoms with Gasteiger partial charge in [-0.25, -0.2) is 0 Å². The zero-order valence-electron chi connectivity index (χ0n) is 10.5. The lowest BCUT2D eigenvalue weighted by atomic mass is 10.2. The highest BCUT2D eigenvalue weighted by Crippen LogP contribution is 2.27. The van der Waals surface area contributed by atoms with E-state index < -0.39 is 8.32 Å². The molecule has 1 unspecified atom stereocenters. The van der Waals surface area contributed by atoms with Gasteiger partial charge in [-0.15, -0.1) is 0 Å². The molecule has 0 amide bonds. The molecule has 1 heterocycles. The molecule has 3 heteroatoms. The van der Waals surface area contributed by atoms with Gasteiger partial charge in [-0.3, -0.25) is 0 Å². The first-order valence-electron chi connectivity index (χ1n) is 6.17. The Kier molecular flexibility index (Phi) is 4.86. The summed E-state index contributed by atoms with van der Waals surface area (Å²) in [5.41, 5.74) is 0. The van der Waals surface area contributed by atoms with E-state index in [9.17, 15) is 0 Å². The predicted molar refractivity (Wildman–Crippen MR) is 66.4 cm³/mol. The topological polar surface area (TPSA) is 18.5 Å². The first kappa shape index (κ1) is 12.8. The molecule has 0 saturated carbocycles. The minimum absolute atomic E-state index is 0.228.